The van der Waals surface area contributed by atoms with Gasteiger partial charge in [0.25, 0.3) is 0 Å². The molecule has 0 amide bonds. The lowest BCUT2D eigenvalue weighted by Crippen LogP contribution is -2.46. The van der Waals surface area contributed by atoms with Crippen LogP contribution >= 0.6 is 0 Å². The third-order valence-corrected chi connectivity index (χ3v) is 4.64. The fourth-order valence-electron chi connectivity index (χ4n) is 2.06. The van der Waals surface area contributed by atoms with Gasteiger partial charge in [0.05, 0.1) is 36.2 Å². The first kappa shape index (κ1) is 20.3. The third-order valence-electron chi connectivity index (χ3n) is 3.66. The van der Waals surface area contributed by atoms with Crippen molar-refractivity contribution < 1.29 is 27.0 Å². The van der Waals surface area contributed by atoms with Crippen LogP contribution in [0.25, 0.3) is 0 Å². The van der Waals surface area contributed by atoms with Gasteiger partial charge in [-0.2, -0.15) is 0 Å². The van der Waals surface area contributed by atoms with Gasteiger partial charge in [0.2, 0.25) is 0 Å². The van der Waals surface area contributed by atoms with E-state index in [4.69, 9.17) is 4.74 Å². The molecule has 0 rings (SSSR count). The average Bonchev–Trinajstić information content (AvgIpc) is 2.24. The molecule has 1 atom stereocenters. The topological polar surface area (TPSA) is 83.5 Å². The molecule has 0 aliphatic heterocycles. The van der Waals surface area contributed by atoms with E-state index in [1.54, 1.807) is 6.92 Å². The van der Waals surface area contributed by atoms with E-state index in [9.17, 15) is 17.8 Å². The van der Waals surface area contributed by atoms with Crippen LogP contribution in [0.4, 0.5) is 0 Å². The minimum atomic E-state index is -4.20. The Labute approximate surface area is 128 Å². The normalized spacial score (nSPS) is 14.8. The lowest BCUT2D eigenvalue weighted by Gasteiger charge is -2.33. The number of hydrogen-bond donors (Lipinski definition) is 0. The summed E-state index contributed by atoms with van der Waals surface area (Å²) in [6.45, 7) is 8.76. The van der Waals surface area contributed by atoms with Gasteiger partial charge >= 0.3 is 5.97 Å². The van der Waals surface area contributed by atoms with E-state index in [0.717, 1.165) is 0 Å². The van der Waals surface area contributed by atoms with E-state index in [-0.39, 0.29) is 24.2 Å². The van der Waals surface area contributed by atoms with E-state index >= 15 is 0 Å². The second-order valence-corrected chi connectivity index (χ2v) is 8.49. The van der Waals surface area contributed by atoms with Crippen molar-refractivity contribution in [2.75, 3.05) is 39.5 Å². The third kappa shape index (κ3) is 9.06. The number of likely N-dealkylation sites (N-methyl/N-ethyl adjacent to an activating group) is 1. The number of quaternary nitrogens is 1. The van der Waals surface area contributed by atoms with Crippen molar-refractivity contribution in [2.45, 2.75) is 34.1 Å². The van der Waals surface area contributed by atoms with Crippen LogP contribution in [-0.4, -0.2) is 63.0 Å². The van der Waals surface area contributed by atoms with Crippen molar-refractivity contribution >= 4 is 16.1 Å². The summed E-state index contributed by atoms with van der Waals surface area (Å²) in [4.78, 5) is 11.8. The molecule has 21 heavy (non-hydrogen) atoms. The molecule has 7 heteroatoms. The summed E-state index contributed by atoms with van der Waals surface area (Å²) in [5.74, 6) is -0.817. The molecule has 0 N–H and O–H groups in total. The zero-order valence-corrected chi connectivity index (χ0v) is 14.8. The van der Waals surface area contributed by atoms with Crippen LogP contribution < -0.4 is 0 Å². The first-order chi connectivity index (χ1) is 9.29. The maximum absolute atomic E-state index is 11.8. The molecule has 126 valence electrons. The van der Waals surface area contributed by atoms with Gasteiger partial charge in [-0.05, 0) is 20.3 Å². The van der Waals surface area contributed by atoms with Gasteiger partial charge in [-0.25, -0.2) is 8.42 Å². The highest BCUT2D eigenvalue weighted by Gasteiger charge is 2.28. The maximum atomic E-state index is 11.8. The summed E-state index contributed by atoms with van der Waals surface area (Å²) in [5.41, 5.74) is -0.485. The number of nitrogens with zero attached hydrogens (tertiary/aromatic N) is 1. The van der Waals surface area contributed by atoms with Crippen LogP contribution in [0.3, 0.4) is 0 Å². The Balaban J connectivity index is 4.28. The monoisotopic (exact) mass is 323 g/mol. The van der Waals surface area contributed by atoms with E-state index in [0.29, 0.717) is 24.0 Å². The second kappa shape index (κ2) is 7.56. The summed E-state index contributed by atoms with van der Waals surface area (Å²) in [6.07, 6.45) is 0.711. The lowest BCUT2D eigenvalue weighted by atomic mass is 9.91. The van der Waals surface area contributed by atoms with Gasteiger partial charge in [-0.1, -0.05) is 13.8 Å². The Morgan fingerprint density at radius 2 is 1.86 bits per heavy atom. The number of carbonyl (C=O) groups excluding carboxylic acids is 1. The van der Waals surface area contributed by atoms with E-state index < -0.39 is 15.5 Å². The van der Waals surface area contributed by atoms with Crippen LogP contribution in [-0.2, 0) is 19.6 Å². The van der Waals surface area contributed by atoms with Gasteiger partial charge in [0, 0.05) is 11.7 Å². The second-order valence-electron chi connectivity index (χ2n) is 7.04. The Bertz CT molecular complexity index is 442. The summed E-state index contributed by atoms with van der Waals surface area (Å²) < 4.78 is 38.0. The van der Waals surface area contributed by atoms with Crippen LogP contribution in [0.5, 0.6) is 0 Å². The molecule has 0 aliphatic carbocycles. The van der Waals surface area contributed by atoms with Crippen molar-refractivity contribution in [3.8, 4) is 0 Å². The van der Waals surface area contributed by atoms with Crippen molar-refractivity contribution in [1.82, 2.24) is 0 Å². The van der Waals surface area contributed by atoms with Gasteiger partial charge in [0.1, 0.15) is 13.2 Å². The Hall–Kier alpha value is -0.660. The molecule has 6 nitrogen and oxygen atoms in total. The minimum absolute atomic E-state index is 0.222. The van der Waals surface area contributed by atoms with Crippen molar-refractivity contribution in [2.24, 2.45) is 11.3 Å². The fourth-order valence-corrected chi connectivity index (χ4v) is 2.86. The van der Waals surface area contributed by atoms with Crippen molar-refractivity contribution in [3.63, 3.8) is 0 Å². The van der Waals surface area contributed by atoms with Gasteiger partial charge < -0.3 is 13.8 Å². The standard InChI is InChI=1S/C14H29NO5S/c1-7-14(3,4)13(16)20-9-8-15(5,6)10-12(2)11-21(17,18)19/h12H,7-11H2,1-6H3. The zero-order chi connectivity index (χ0) is 16.9. The summed E-state index contributed by atoms with van der Waals surface area (Å²) in [5, 5.41) is 0. The SMILES string of the molecule is CCC(C)(C)C(=O)OCC[N+](C)(C)CC(C)CS(=O)(=O)[O-]. The molecular formula is C14H29NO5S. The molecule has 0 aliphatic rings. The van der Waals surface area contributed by atoms with Crippen molar-refractivity contribution in [1.29, 1.82) is 0 Å². The highest BCUT2D eigenvalue weighted by molar-refractivity contribution is 7.85. The molecule has 0 radical (unpaired) electrons. The first-order valence-electron chi connectivity index (χ1n) is 7.22. The molecule has 1 unspecified atom stereocenters. The van der Waals surface area contributed by atoms with Gasteiger partial charge in [-0.3, -0.25) is 4.79 Å². The lowest BCUT2D eigenvalue weighted by molar-refractivity contribution is -0.893. The van der Waals surface area contributed by atoms with Gasteiger partial charge in [-0.15, -0.1) is 0 Å². The van der Waals surface area contributed by atoms with Crippen LogP contribution in [0.2, 0.25) is 0 Å². The van der Waals surface area contributed by atoms with E-state index in [1.807, 2.05) is 34.9 Å². The Kier molecular flexibility index (Phi) is 7.32. The largest absolute Gasteiger partial charge is 0.748 e. The molecule has 0 aromatic heterocycles. The molecule has 0 saturated heterocycles. The van der Waals surface area contributed by atoms with E-state index in [1.165, 1.54) is 0 Å². The molecule has 0 fully saturated rings. The molecule has 0 aromatic carbocycles. The van der Waals surface area contributed by atoms with Gasteiger partial charge in [0.15, 0.2) is 0 Å². The van der Waals surface area contributed by atoms with Crippen LogP contribution in [0.15, 0.2) is 0 Å². The van der Waals surface area contributed by atoms with Crippen LogP contribution in [0.1, 0.15) is 34.1 Å². The highest BCUT2D eigenvalue weighted by Crippen LogP contribution is 2.21. The summed E-state index contributed by atoms with van der Waals surface area (Å²) in [7, 11) is -0.351. The average molecular weight is 323 g/mol. The minimum Gasteiger partial charge on any atom is -0.748 e. The smallest absolute Gasteiger partial charge is 0.311 e. The number of rotatable bonds is 9. The predicted octanol–water partition coefficient (Wildman–Crippen LogP) is 1.22. The summed E-state index contributed by atoms with van der Waals surface area (Å²) in [6, 6.07) is 0. The zero-order valence-electron chi connectivity index (χ0n) is 14.0. The molecule has 0 bridgehead atoms. The van der Waals surface area contributed by atoms with Crippen molar-refractivity contribution in [3.05, 3.63) is 0 Å². The van der Waals surface area contributed by atoms with Crippen LogP contribution in [0, 0.1) is 11.3 Å². The quantitative estimate of drug-likeness (QED) is 0.362. The highest BCUT2D eigenvalue weighted by atomic mass is 32.2. The van der Waals surface area contributed by atoms with E-state index in [2.05, 4.69) is 0 Å². The maximum Gasteiger partial charge on any atom is 0.311 e. The number of hydrogen-bond acceptors (Lipinski definition) is 5. The number of esters is 1. The fraction of sp³-hybridized carbons (Fsp3) is 0.929. The Morgan fingerprint density at radius 3 is 2.29 bits per heavy atom. The molecule has 0 heterocycles. The molecule has 0 aromatic rings. The number of ether oxygens (including phenoxy) is 1. The molecule has 0 saturated carbocycles. The molecular weight excluding hydrogens is 294 g/mol. The first-order valence-corrected chi connectivity index (χ1v) is 8.79. The molecule has 0 spiro atoms. The predicted molar refractivity (Wildman–Crippen MR) is 80.6 cm³/mol. The summed E-state index contributed by atoms with van der Waals surface area (Å²) >= 11 is 0. The Morgan fingerprint density at radius 1 is 1.33 bits per heavy atom. The number of carbonyl (C=O) groups is 1.